The number of hydrogen-bond donors (Lipinski definition) is 2. The first kappa shape index (κ1) is 20.1. The van der Waals surface area contributed by atoms with Gasteiger partial charge in [-0.1, -0.05) is 36.4 Å². The molecule has 0 spiro atoms. The van der Waals surface area contributed by atoms with Crippen molar-refractivity contribution in [1.82, 2.24) is 0 Å². The van der Waals surface area contributed by atoms with Crippen LogP contribution < -0.4 is 15.8 Å². The van der Waals surface area contributed by atoms with Gasteiger partial charge in [-0.3, -0.25) is 4.79 Å². The average molecular weight is 402 g/mol. The van der Waals surface area contributed by atoms with Gasteiger partial charge >= 0.3 is 0 Å². The van der Waals surface area contributed by atoms with Crippen molar-refractivity contribution in [3.05, 3.63) is 88.4 Å². The Labute approximate surface area is 177 Å². The van der Waals surface area contributed by atoms with Gasteiger partial charge in [-0.15, -0.1) is 0 Å². The number of carbonyl (C=O) groups is 1. The number of pyridine rings is 1. The molecule has 4 rings (SSSR count). The van der Waals surface area contributed by atoms with Gasteiger partial charge in [0.1, 0.15) is 0 Å². The Balaban J connectivity index is 1.51. The number of nitrogens with zero attached hydrogens (tertiary/aromatic N) is 1. The van der Waals surface area contributed by atoms with E-state index in [9.17, 15) is 10.0 Å². The summed E-state index contributed by atoms with van der Waals surface area (Å²) in [5.74, 6) is -0.134. The molecule has 3 N–H and O–H groups in total. The summed E-state index contributed by atoms with van der Waals surface area (Å²) >= 11 is 0. The third-order valence-electron chi connectivity index (χ3n) is 6.14. The highest BCUT2D eigenvalue weighted by molar-refractivity contribution is 5.95. The fourth-order valence-electron chi connectivity index (χ4n) is 4.50. The van der Waals surface area contributed by atoms with Gasteiger partial charge in [0, 0.05) is 24.6 Å². The van der Waals surface area contributed by atoms with Crippen LogP contribution in [0.5, 0.6) is 0 Å². The summed E-state index contributed by atoms with van der Waals surface area (Å²) in [7, 11) is 0. The SMILES string of the molecule is Cc1cc[n+]([O-])c(C)c1-c1ccc(NC(=O)[C@@H](N)[C@H]2CCCc3ccccc32)cc1. The lowest BCUT2D eigenvalue weighted by Crippen LogP contribution is -2.41. The van der Waals surface area contributed by atoms with E-state index in [1.54, 1.807) is 0 Å². The fourth-order valence-corrected chi connectivity index (χ4v) is 4.50. The molecule has 1 aromatic heterocycles. The number of hydrogen-bond acceptors (Lipinski definition) is 3. The zero-order valence-corrected chi connectivity index (χ0v) is 17.4. The predicted molar refractivity (Wildman–Crippen MR) is 119 cm³/mol. The molecule has 2 atom stereocenters. The van der Waals surface area contributed by atoms with E-state index >= 15 is 0 Å². The highest BCUT2D eigenvalue weighted by atomic mass is 16.5. The van der Waals surface area contributed by atoms with E-state index in [2.05, 4.69) is 17.4 Å². The van der Waals surface area contributed by atoms with E-state index < -0.39 is 6.04 Å². The maximum atomic E-state index is 12.8. The molecule has 1 heterocycles. The maximum Gasteiger partial charge on any atom is 0.241 e. The molecule has 1 aliphatic rings. The number of benzene rings is 2. The first-order chi connectivity index (χ1) is 14.5. The summed E-state index contributed by atoms with van der Waals surface area (Å²) in [6.45, 7) is 3.80. The Morgan fingerprint density at radius 2 is 1.87 bits per heavy atom. The molecule has 0 bridgehead atoms. The van der Waals surface area contributed by atoms with Crippen LogP contribution in [-0.4, -0.2) is 11.9 Å². The smallest absolute Gasteiger partial charge is 0.241 e. The molecule has 3 aromatic rings. The van der Waals surface area contributed by atoms with Crippen molar-refractivity contribution in [2.24, 2.45) is 5.73 Å². The van der Waals surface area contributed by atoms with Crippen LogP contribution in [-0.2, 0) is 11.2 Å². The minimum Gasteiger partial charge on any atom is -0.618 e. The van der Waals surface area contributed by atoms with Crippen molar-refractivity contribution < 1.29 is 9.52 Å². The number of carbonyl (C=O) groups excluding carboxylic acids is 1. The van der Waals surface area contributed by atoms with E-state index in [1.165, 1.54) is 17.3 Å². The Bertz CT molecular complexity index is 1080. The summed E-state index contributed by atoms with van der Waals surface area (Å²) < 4.78 is 0.874. The van der Waals surface area contributed by atoms with Gasteiger partial charge in [-0.25, -0.2) is 0 Å². The van der Waals surface area contributed by atoms with Crippen LogP contribution in [0.25, 0.3) is 11.1 Å². The van der Waals surface area contributed by atoms with Gasteiger partial charge in [0.15, 0.2) is 11.9 Å². The molecule has 1 aliphatic carbocycles. The second-order valence-electron chi connectivity index (χ2n) is 8.07. The van der Waals surface area contributed by atoms with Gasteiger partial charge in [-0.05, 0) is 60.6 Å². The van der Waals surface area contributed by atoms with Crippen molar-refractivity contribution in [2.75, 3.05) is 5.32 Å². The zero-order chi connectivity index (χ0) is 21.3. The van der Waals surface area contributed by atoms with Crippen molar-refractivity contribution >= 4 is 11.6 Å². The minimum absolute atomic E-state index is 0.0383. The van der Waals surface area contributed by atoms with Crippen LogP contribution in [0.4, 0.5) is 5.69 Å². The second kappa shape index (κ2) is 8.28. The summed E-state index contributed by atoms with van der Waals surface area (Å²) in [6.07, 6.45) is 4.54. The van der Waals surface area contributed by atoms with Crippen LogP contribution in [0.3, 0.4) is 0 Å². The van der Waals surface area contributed by atoms with Crippen LogP contribution in [0.1, 0.15) is 41.1 Å². The number of nitrogens with one attached hydrogen (secondary N) is 1. The number of anilines is 1. The van der Waals surface area contributed by atoms with E-state index in [0.29, 0.717) is 11.4 Å². The standard InChI is InChI=1S/C25H27N3O2/c1-16-14-15-28(30)17(2)23(16)19-10-12-20(13-11-19)27-25(29)24(26)22-9-5-7-18-6-3-4-8-21(18)22/h3-4,6,8,10-15,22,24H,5,7,9,26H2,1-2H3,(H,27,29)/t22-,24-/m0/s1. The Hall–Kier alpha value is -3.18. The number of amides is 1. The summed E-state index contributed by atoms with van der Waals surface area (Å²) in [5.41, 5.74) is 13.1. The van der Waals surface area contributed by atoms with Crippen molar-refractivity contribution in [1.29, 1.82) is 0 Å². The van der Waals surface area contributed by atoms with Crippen LogP contribution in [0.2, 0.25) is 0 Å². The minimum atomic E-state index is -0.593. The molecule has 2 aromatic carbocycles. The molecule has 0 saturated carbocycles. The second-order valence-corrected chi connectivity index (χ2v) is 8.07. The zero-order valence-electron chi connectivity index (χ0n) is 17.4. The van der Waals surface area contributed by atoms with Gasteiger partial charge < -0.3 is 16.3 Å². The Morgan fingerprint density at radius 3 is 2.63 bits per heavy atom. The third kappa shape index (κ3) is 3.81. The molecule has 0 aliphatic heterocycles. The highest BCUT2D eigenvalue weighted by Gasteiger charge is 2.30. The Morgan fingerprint density at radius 1 is 1.13 bits per heavy atom. The number of aryl methyl sites for hydroxylation is 2. The van der Waals surface area contributed by atoms with E-state index in [0.717, 1.165) is 40.7 Å². The third-order valence-corrected chi connectivity index (χ3v) is 6.14. The van der Waals surface area contributed by atoms with Crippen molar-refractivity contribution in [3.63, 3.8) is 0 Å². The van der Waals surface area contributed by atoms with Gasteiger partial charge in [0.25, 0.3) is 0 Å². The quantitative estimate of drug-likeness (QED) is 0.512. The van der Waals surface area contributed by atoms with Crippen LogP contribution in [0.15, 0.2) is 60.8 Å². The monoisotopic (exact) mass is 401 g/mol. The molecule has 0 saturated heterocycles. The first-order valence-electron chi connectivity index (χ1n) is 10.4. The Kier molecular flexibility index (Phi) is 5.55. The van der Waals surface area contributed by atoms with E-state index in [-0.39, 0.29) is 11.8 Å². The van der Waals surface area contributed by atoms with Crippen LogP contribution >= 0.6 is 0 Å². The average Bonchev–Trinajstić information content (AvgIpc) is 2.77. The highest BCUT2D eigenvalue weighted by Crippen LogP contribution is 2.34. The molecular formula is C25H27N3O2. The van der Waals surface area contributed by atoms with Crippen molar-refractivity contribution in [3.8, 4) is 11.1 Å². The van der Waals surface area contributed by atoms with Gasteiger partial charge in [0.05, 0.1) is 11.6 Å². The molecule has 0 fully saturated rings. The van der Waals surface area contributed by atoms with Crippen molar-refractivity contribution in [2.45, 2.75) is 45.1 Å². The van der Waals surface area contributed by atoms with E-state index in [1.807, 2.05) is 56.3 Å². The largest absolute Gasteiger partial charge is 0.618 e. The molecule has 5 nitrogen and oxygen atoms in total. The number of rotatable bonds is 4. The lowest BCUT2D eigenvalue weighted by atomic mass is 9.79. The molecule has 154 valence electrons. The normalized spacial score (nSPS) is 16.6. The number of fused-ring (bicyclic) bond motifs is 1. The lowest BCUT2D eigenvalue weighted by molar-refractivity contribution is -0.611. The van der Waals surface area contributed by atoms with Gasteiger partial charge in [0.2, 0.25) is 5.91 Å². The van der Waals surface area contributed by atoms with Gasteiger partial charge in [-0.2, -0.15) is 4.73 Å². The molecule has 30 heavy (non-hydrogen) atoms. The molecular weight excluding hydrogens is 374 g/mol. The summed E-state index contributed by atoms with van der Waals surface area (Å²) in [6, 6.07) is 17.1. The maximum absolute atomic E-state index is 12.8. The summed E-state index contributed by atoms with van der Waals surface area (Å²) in [5, 5.41) is 14.9. The molecule has 0 unspecified atom stereocenters. The number of aromatic nitrogens is 1. The predicted octanol–water partition coefficient (Wildman–Crippen LogP) is 3.99. The molecule has 5 heteroatoms. The topological polar surface area (TPSA) is 82.1 Å². The van der Waals surface area contributed by atoms with E-state index in [4.69, 9.17) is 5.73 Å². The lowest BCUT2D eigenvalue weighted by Gasteiger charge is -2.29. The summed E-state index contributed by atoms with van der Waals surface area (Å²) in [4.78, 5) is 12.8. The fraction of sp³-hybridized carbons (Fsp3) is 0.280. The molecule has 1 amide bonds. The van der Waals surface area contributed by atoms with Crippen LogP contribution in [0, 0.1) is 19.1 Å². The number of nitrogens with two attached hydrogens (primary N) is 1. The first-order valence-corrected chi connectivity index (χ1v) is 10.4. The molecule has 0 radical (unpaired) electrons.